The van der Waals surface area contributed by atoms with Crippen molar-refractivity contribution in [2.24, 2.45) is 0 Å². The van der Waals surface area contributed by atoms with Crippen LogP contribution in [0.5, 0.6) is 23.0 Å². The van der Waals surface area contributed by atoms with E-state index in [-0.39, 0.29) is 37.3 Å². The molecule has 0 aliphatic carbocycles. The van der Waals surface area contributed by atoms with Gasteiger partial charge in [0.25, 0.3) is 0 Å². The van der Waals surface area contributed by atoms with Crippen LogP contribution in [-0.2, 0) is 10.8 Å². The van der Waals surface area contributed by atoms with Crippen molar-refractivity contribution in [1.29, 1.82) is 0 Å². The summed E-state index contributed by atoms with van der Waals surface area (Å²) in [5.41, 5.74) is 1.80. The van der Waals surface area contributed by atoms with Crippen molar-refractivity contribution in [1.82, 2.24) is 0 Å². The van der Waals surface area contributed by atoms with Gasteiger partial charge >= 0.3 is 0 Å². The van der Waals surface area contributed by atoms with Crippen molar-refractivity contribution in [3.05, 3.63) is 47.5 Å². The first-order valence-electron chi connectivity index (χ1n) is 10.4. The first-order valence-corrected chi connectivity index (χ1v) is 10.4. The Morgan fingerprint density at radius 1 is 0.733 bits per heavy atom. The number of aliphatic hydroxyl groups is 2. The number of aliphatic hydroxyl groups excluding tert-OH is 2. The Hall–Kier alpha value is -2.44. The summed E-state index contributed by atoms with van der Waals surface area (Å²) in [6.07, 6.45) is 1.91. The minimum atomic E-state index is -0.132. The highest BCUT2D eigenvalue weighted by Gasteiger charge is 2.33. The van der Waals surface area contributed by atoms with Gasteiger partial charge in [0.05, 0.1) is 13.2 Å². The van der Waals surface area contributed by atoms with Gasteiger partial charge in [0.2, 0.25) is 0 Å². The molecule has 2 aromatic carbocycles. The van der Waals surface area contributed by atoms with E-state index in [0.717, 1.165) is 24.0 Å². The smallest absolute Gasteiger partial charge is 0.186 e. The fourth-order valence-electron chi connectivity index (χ4n) is 3.75. The van der Waals surface area contributed by atoms with E-state index in [1.807, 2.05) is 24.3 Å². The van der Waals surface area contributed by atoms with Crippen LogP contribution in [-0.4, -0.2) is 36.6 Å². The third-order valence-electron chi connectivity index (χ3n) is 5.68. The van der Waals surface area contributed by atoms with Gasteiger partial charge in [-0.05, 0) is 35.8 Å². The lowest BCUT2D eigenvalue weighted by atomic mass is 9.72. The zero-order valence-corrected chi connectivity index (χ0v) is 18.2. The Balaban J connectivity index is 2.00. The highest BCUT2D eigenvalue weighted by molar-refractivity contribution is 5.47. The molecule has 0 bridgehead atoms. The zero-order chi connectivity index (χ0) is 21.8. The number of ether oxygens (including phenoxy) is 2. The minimum Gasteiger partial charge on any atom is -0.491 e. The number of benzene rings is 2. The van der Waals surface area contributed by atoms with Crippen LogP contribution in [0.4, 0.5) is 0 Å². The van der Waals surface area contributed by atoms with Crippen molar-refractivity contribution >= 4 is 0 Å². The number of hydrogen-bond acceptors (Lipinski definition) is 6. The molecule has 0 fully saturated rings. The predicted molar refractivity (Wildman–Crippen MR) is 115 cm³/mol. The van der Waals surface area contributed by atoms with Crippen molar-refractivity contribution in [3.8, 4) is 23.0 Å². The maximum Gasteiger partial charge on any atom is 0.186 e. The molecule has 1 aliphatic heterocycles. The van der Waals surface area contributed by atoms with E-state index >= 15 is 0 Å². The third-order valence-corrected chi connectivity index (χ3v) is 5.68. The summed E-state index contributed by atoms with van der Waals surface area (Å²) in [4.78, 5) is 11.7. The predicted octanol–water partition coefficient (Wildman–Crippen LogP) is 4.15. The van der Waals surface area contributed by atoms with Crippen LogP contribution in [0.25, 0.3) is 0 Å². The molecule has 0 saturated carbocycles. The van der Waals surface area contributed by atoms with E-state index in [0.29, 0.717) is 23.0 Å². The number of fused-ring (bicyclic) bond motifs is 2. The Bertz CT molecular complexity index is 787. The first-order chi connectivity index (χ1) is 14.3. The molecule has 6 heteroatoms. The molecule has 0 unspecified atom stereocenters. The normalized spacial score (nSPS) is 17.0. The lowest BCUT2D eigenvalue weighted by molar-refractivity contribution is -0.104. The Morgan fingerprint density at radius 2 is 1.13 bits per heavy atom. The maximum atomic E-state index is 9.04. The fraction of sp³-hybridized carbons (Fsp3) is 0.500. The standard InChI is InChI=1S/C24H32O6/c1-23(2)9-10-24(3,4)20-8-6-18(28-14-12-26)16-22(20)30-29-21-15-17(27-13-11-25)5-7-19(21)23/h5-8,15-16,25-26H,9-14H2,1-4H3. The molecule has 0 spiro atoms. The summed E-state index contributed by atoms with van der Waals surface area (Å²) in [7, 11) is 0. The molecule has 30 heavy (non-hydrogen) atoms. The molecule has 164 valence electrons. The van der Waals surface area contributed by atoms with Gasteiger partial charge in [0, 0.05) is 23.3 Å². The van der Waals surface area contributed by atoms with Gasteiger partial charge in [-0.15, -0.1) is 0 Å². The second-order valence-electron chi connectivity index (χ2n) is 8.89. The van der Waals surface area contributed by atoms with Gasteiger partial charge in [-0.25, -0.2) is 0 Å². The highest BCUT2D eigenvalue weighted by atomic mass is 17.2. The van der Waals surface area contributed by atoms with Crippen LogP contribution in [0.1, 0.15) is 51.7 Å². The highest BCUT2D eigenvalue weighted by Crippen LogP contribution is 2.44. The SMILES string of the molecule is CC1(C)CCC(C)(C)c2ccc(OCCO)cc2OOc2cc(OCCO)ccc21. The average Bonchev–Trinajstić information content (AvgIpc) is 2.73. The van der Waals surface area contributed by atoms with E-state index in [9.17, 15) is 0 Å². The van der Waals surface area contributed by atoms with Gasteiger partial charge in [-0.3, -0.25) is 9.78 Å². The molecular weight excluding hydrogens is 384 g/mol. The summed E-state index contributed by atoms with van der Waals surface area (Å²) >= 11 is 0. The quantitative estimate of drug-likeness (QED) is 0.689. The van der Waals surface area contributed by atoms with E-state index in [4.69, 9.17) is 29.5 Å². The zero-order valence-electron chi connectivity index (χ0n) is 18.2. The summed E-state index contributed by atoms with van der Waals surface area (Å²) in [6, 6.07) is 11.4. The topological polar surface area (TPSA) is 77.4 Å². The van der Waals surface area contributed by atoms with Crippen LogP contribution >= 0.6 is 0 Å². The van der Waals surface area contributed by atoms with Crippen molar-refractivity contribution < 1.29 is 29.5 Å². The minimum absolute atomic E-state index is 0.0565. The van der Waals surface area contributed by atoms with Gasteiger partial charge < -0.3 is 19.7 Å². The average molecular weight is 417 g/mol. The van der Waals surface area contributed by atoms with Crippen LogP contribution in [0.3, 0.4) is 0 Å². The fourth-order valence-corrected chi connectivity index (χ4v) is 3.75. The van der Waals surface area contributed by atoms with Gasteiger partial charge in [-0.2, -0.15) is 0 Å². The lowest BCUT2D eigenvalue weighted by Gasteiger charge is -2.35. The summed E-state index contributed by atoms with van der Waals surface area (Å²) < 4.78 is 11.1. The van der Waals surface area contributed by atoms with E-state index in [2.05, 4.69) is 27.7 Å². The van der Waals surface area contributed by atoms with Crippen LogP contribution < -0.4 is 19.2 Å². The molecule has 0 aromatic heterocycles. The van der Waals surface area contributed by atoms with Crippen molar-refractivity contribution in [3.63, 3.8) is 0 Å². The molecule has 1 heterocycles. The van der Waals surface area contributed by atoms with E-state index < -0.39 is 0 Å². The molecule has 2 N–H and O–H groups in total. The van der Waals surface area contributed by atoms with Gasteiger partial charge in [0.1, 0.15) is 24.7 Å². The summed E-state index contributed by atoms with van der Waals surface area (Å²) in [5, 5.41) is 18.1. The van der Waals surface area contributed by atoms with Gasteiger partial charge in [-0.1, -0.05) is 39.8 Å². The Kier molecular flexibility index (Phi) is 6.78. The summed E-state index contributed by atoms with van der Waals surface area (Å²) in [5.74, 6) is 2.39. The molecule has 0 atom stereocenters. The van der Waals surface area contributed by atoms with Crippen LogP contribution in [0.2, 0.25) is 0 Å². The monoisotopic (exact) mass is 416 g/mol. The molecule has 0 radical (unpaired) electrons. The van der Waals surface area contributed by atoms with Gasteiger partial charge in [0.15, 0.2) is 11.5 Å². The largest absolute Gasteiger partial charge is 0.491 e. The number of hydrogen-bond donors (Lipinski definition) is 2. The third kappa shape index (κ3) is 4.99. The lowest BCUT2D eigenvalue weighted by Crippen LogP contribution is -2.27. The Labute approximate surface area is 178 Å². The molecule has 0 amide bonds. The maximum absolute atomic E-state index is 9.04. The van der Waals surface area contributed by atoms with E-state index in [1.54, 1.807) is 12.1 Å². The first kappa shape index (κ1) is 22.2. The second kappa shape index (κ2) is 9.14. The molecule has 6 nitrogen and oxygen atoms in total. The number of rotatable bonds is 6. The molecule has 0 saturated heterocycles. The summed E-state index contributed by atoms with van der Waals surface area (Å²) in [6.45, 7) is 9.12. The molecule has 3 rings (SSSR count). The Morgan fingerprint density at radius 3 is 1.50 bits per heavy atom. The van der Waals surface area contributed by atoms with Crippen LogP contribution in [0.15, 0.2) is 36.4 Å². The second-order valence-corrected chi connectivity index (χ2v) is 8.89. The van der Waals surface area contributed by atoms with E-state index in [1.165, 1.54) is 0 Å². The van der Waals surface area contributed by atoms with Crippen LogP contribution in [0, 0.1) is 0 Å². The molecule has 1 aliphatic rings. The molecular formula is C24H32O6. The molecule has 2 aromatic rings. The van der Waals surface area contributed by atoms with Crippen molar-refractivity contribution in [2.75, 3.05) is 26.4 Å². The van der Waals surface area contributed by atoms with Crippen molar-refractivity contribution in [2.45, 2.75) is 51.4 Å².